The van der Waals surface area contributed by atoms with Crippen molar-refractivity contribution in [3.05, 3.63) is 65.7 Å². The summed E-state index contributed by atoms with van der Waals surface area (Å²) in [4.78, 5) is 44.9. The van der Waals surface area contributed by atoms with Crippen LogP contribution in [-0.4, -0.2) is 85.3 Å². The van der Waals surface area contributed by atoms with Gasteiger partial charge in [-0.1, -0.05) is 36.4 Å². The van der Waals surface area contributed by atoms with E-state index in [4.69, 9.17) is 4.74 Å². The van der Waals surface area contributed by atoms with Crippen LogP contribution in [0.2, 0.25) is 0 Å². The Morgan fingerprint density at radius 1 is 0.892 bits per heavy atom. The number of nitrogens with one attached hydrogen (secondary N) is 1. The van der Waals surface area contributed by atoms with Gasteiger partial charge >= 0.3 is 0 Å². The Bertz CT molecular complexity index is 1050. The van der Waals surface area contributed by atoms with E-state index in [0.717, 1.165) is 37.4 Å². The first-order valence-corrected chi connectivity index (χ1v) is 13.3. The molecule has 0 aliphatic carbocycles. The number of carbonyl (C=O) groups excluding carboxylic acids is 3. The third kappa shape index (κ3) is 7.32. The normalized spacial score (nSPS) is 20.0. The molecule has 1 N–H and O–H groups in total. The molecule has 198 valence electrons. The second-order valence-corrected chi connectivity index (χ2v) is 9.80. The molecule has 0 bridgehead atoms. The fraction of sp³-hybridized carbons (Fsp3) is 0.483. The van der Waals surface area contributed by atoms with E-state index in [-0.39, 0.29) is 30.1 Å². The predicted molar refractivity (Wildman–Crippen MR) is 142 cm³/mol. The molecular weight excluding hydrogens is 468 g/mol. The minimum Gasteiger partial charge on any atom is -0.496 e. The monoisotopic (exact) mass is 506 g/mol. The molecule has 4 rings (SSSR count). The number of piperazine rings is 1. The highest BCUT2D eigenvalue weighted by atomic mass is 16.5. The largest absolute Gasteiger partial charge is 0.496 e. The van der Waals surface area contributed by atoms with Crippen LogP contribution in [0.1, 0.15) is 41.6 Å². The fourth-order valence-corrected chi connectivity index (χ4v) is 5.17. The molecule has 0 saturated carbocycles. The van der Waals surface area contributed by atoms with E-state index in [1.165, 1.54) is 0 Å². The average molecular weight is 507 g/mol. The van der Waals surface area contributed by atoms with Crippen LogP contribution in [-0.2, 0) is 16.1 Å². The summed E-state index contributed by atoms with van der Waals surface area (Å²) < 4.78 is 5.48. The first-order chi connectivity index (χ1) is 18.0. The van der Waals surface area contributed by atoms with Crippen LogP contribution in [0.15, 0.2) is 54.6 Å². The number of benzene rings is 2. The van der Waals surface area contributed by atoms with Crippen LogP contribution in [0.5, 0.6) is 5.75 Å². The van der Waals surface area contributed by atoms with E-state index < -0.39 is 0 Å². The standard InChI is InChI=1S/C29H38N4O4/c1-37-26-12-6-5-10-25(26)22-31-18-20-33(21-19-31)29(36)24-11-7-16-32(17-14-27(34)30-15-13-24)28(35)23-8-3-2-4-9-23/h2-6,8-10,12,24H,7,11,13-22H2,1H3,(H,30,34). The summed E-state index contributed by atoms with van der Waals surface area (Å²) in [5, 5.41) is 2.94. The lowest BCUT2D eigenvalue weighted by Gasteiger charge is -2.36. The maximum Gasteiger partial charge on any atom is 0.253 e. The summed E-state index contributed by atoms with van der Waals surface area (Å²) in [6.45, 7) is 5.20. The summed E-state index contributed by atoms with van der Waals surface area (Å²) in [7, 11) is 1.69. The molecule has 2 aromatic rings. The van der Waals surface area contributed by atoms with Gasteiger partial charge in [0.05, 0.1) is 7.11 Å². The van der Waals surface area contributed by atoms with Crippen molar-refractivity contribution < 1.29 is 19.1 Å². The first-order valence-electron chi connectivity index (χ1n) is 13.3. The number of rotatable bonds is 5. The molecule has 37 heavy (non-hydrogen) atoms. The molecular formula is C29H38N4O4. The van der Waals surface area contributed by atoms with Crippen molar-refractivity contribution in [1.29, 1.82) is 0 Å². The highest BCUT2D eigenvalue weighted by molar-refractivity contribution is 5.94. The average Bonchev–Trinajstić information content (AvgIpc) is 2.98. The van der Waals surface area contributed by atoms with Crippen LogP contribution < -0.4 is 10.1 Å². The number of hydrogen-bond acceptors (Lipinski definition) is 5. The van der Waals surface area contributed by atoms with Crippen LogP contribution in [0.3, 0.4) is 0 Å². The number of nitrogens with zero attached hydrogens (tertiary/aromatic N) is 3. The second-order valence-electron chi connectivity index (χ2n) is 9.80. The lowest BCUT2D eigenvalue weighted by molar-refractivity contribution is -0.138. The molecule has 0 aromatic heterocycles. The molecule has 8 nitrogen and oxygen atoms in total. The van der Waals surface area contributed by atoms with Gasteiger partial charge in [0.1, 0.15) is 5.75 Å². The summed E-state index contributed by atoms with van der Waals surface area (Å²) in [6.07, 6.45) is 2.33. The molecule has 8 heteroatoms. The fourth-order valence-electron chi connectivity index (χ4n) is 5.17. The van der Waals surface area contributed by atoms with E-state index in [0.29, 0.717) is 51.1 Å². The number of carbonyl (C=O) groups is 3. The van der Waals surface area contributed by atoms with Crippen molar-refractivity contribution in [2.45, 2.75) is 32.2 Å². The minimum atomic E-state index is -0.159. The van der Waals surface area contributed by atoms with Gasteiger partial charge in [-0.3, -0.25) is 19.3 Å². The first kappa shape index (κ1) is 26.7. The maximum absolute atomic E-state index is 13.5. The quantitative estimate of drug-likeness (QED) is 0.675. The number of ether oxygens (including phenoxy) is 1. The number of methoxy groups -OCH3 is 1. The smallest absolute Gasteiger partial charge is 0.253 e. The van der Waals surface area contributed by atoms with Crippen LogP contribution >= 0.6 is 0 Å². The summed E-state index contributed by atoms with van der Waals surface area (Å²) in [5.41, 5.74) is 1.77. The lowest BCUT2D eigenvalue weighted by atomic mass is 9.96. The Kier molecular flexibility index (Phi) is 9.54. The van der Waals surface area contributed by atoms with Gasteiger partial charge in [-0.05, 0) is 37.5 Å². The number of para-hydroxylation sites is 1. The molecule has 3 amide bonds. The van der Waals surface area contributed by atoms with Crippen molar-refractivity contribution >= 4 is 17.7 Å². The van der Waals surface area contributed by atoms with Gasteiger partial charge in [0.2, 0.25) is 11.8 Å². The van der Waals surface area contributed by atoms with E-state index in [9.17, 15) is 14.4 Å². The van der Waals surface area contributed by atoms with Gasteiger partial charge < -0.3 is 19.9 Å². The van der Waals surface area contributed by atoms with Crippen molar-refractivity contribution in [3.63, 3.8) is 0 Å². The molecule has 2 fully saturated rings. The van der Waals surface area contributed by atoms with Gasteiger partial charge in [0.15, 0.2) is 0 Å². The molecule has 2 aliphatic heterocycles. The highest BCUT2D eigenvalue weighted by Crippen LogP contribution is 2.22. The minimum absolute atomic E-state index is 0.0679. The van der Waals surface area contributed by atoms with Crippen molar-refractivity contribution in [3.8, 4) is 5.75 Å². The van der Waals surface area contributed by atoms with E-state index in [1.54, 1.807) is 24.1 Å². The van der Waals surface area contributed by atoms with Gasteiger partial charge in [-0.15, -0.1) is 0 Å². The molecule has 2 aliphatic rings. The Morgan fingerprint density at radius 3 is 2.38 bits per heavy atom. The summed E-state index contributed by atoms with van der Waals surface area (Å²) in [5.74, 6) is 0.741. The molecule has 2 aromatic carbocycles. The van der Waals surface area contributed by atoms with Crippen molar-refractivity contribution in [1.82, 2.24) is 20.0 Å². The highest BCUT2D eigenvalue weighted by Gasteiger charge is 2.28. The van der Waals surface area contributed by atoms with Gasteiger partial charge in [-0.25, -0.2) is 0 Å². The Balaban J connectivity index is 1.33. The summed E-state index contributed by atoms with van der Waals surface area (Å²) >= 11 is 0. The zero-order valence-corrected chi connectivity index (χ0v) is 21.7. The Hall–Kier alpha value is -3.39. The van der Waals surface area contributed by atoms with Gasteiger partial charge in [-0.2, -0.15) is 0 Å². The topological polar surface area (TPSA) is 82.2 Å². The van der Waals surface area contributed by atoms with Gasteiger partial charge in [0.25, 0.3) is 5.91 Å². The van der Waals surface area contributed by atoms with E-state index >= 15 is 0 Å². The predicted octanol–water partition coefficient (Wildman–Crippen LogP) is 2.79. The molecule has 0 spiro atoms. The molecule has 2 heterocycles. The molecule has 2 saturated heterocycles. The Morgan fingerprint density at radius 2 is 1.62 bits per heavy atom. The number of amides is 3. The molecule has 1 unspecified atom stereocenters. The van der Waals surface area contributed by atoms with Crippen LogP contribution in [0.4, 0.5) is 0 Å². The van der Waals surface area contributed by atoms with Gasteiger partial charge in [0, 0.05) is 75.8 Å². The SMILES string of the molecule is COc1ccccc1CN1CCN(C(=O)C2CCCN(C(=O)c3ccccc3)CCC(=O)NCC2)CC1. The zero-order valence-electron chi connectivity index (χ0n) is 21.7. The summed E-state index contributed by atoms with van der Waals surface area (Å²) in [6, 6.07) is 17.2. The van der Waals surface area contributed by atoms with Crippen LogP contribution in [0, 0.1) is 5.92 Å². The van der Waals surface area contributed by atoms with E-state index in [2.05, 4.69) is 16.3 Å². The molecule has 1 atom stereocenters. The second kappa shape index (κ2) is 13.2. The Labute approximate surface area is 219 Å². The lowest BCUT2D eigenvalue weighted by Crippen LogP contribution is -2.50. The maximum atomic E-state index is 13.5. The van der Waals surface area contributed by atoms with E-state index in [1.807, 2.05) is 41.3 Å². The third-order valence-corrected chi connectivity index (χ3v) is 7.33. The third-order valence-electron chi connectivity index (χ3n) is 7.33. The molecule has 0 radical (unpaired) electrons. The number of hydrogen-bond donors (Lipinski definition) is 1. The van der Waals surface area contributed by atoms with Crippen LogP contribution in [0.25, 0.3) is 0 Å². The zero-order chi connectivity index (χ0) is 26.0. The van der Waals surface area contributed by atoms with Crippen molar-refractivity contribution in [2.75, 3.05) is 52.9 Å². The van der Waals surface area contributed by atoms with Crippen molar-refractivity contribution in [2.24, 2.45) is 5.92 Å².